The zero-order valence-electron chi connectivity index (χ0n) is 46.8. The molecule has 0 amide bonds. The minimum atomic E-state index is -2.65. The number of rotatable bonds is 12. The Hall–Kier alpha value is -7.03. The third kappa shape index (κ3) is 13.3. The van der Waals surface area contributed by atoms with Gasteiger partial charge in [-0.25, -0.2) is 19.9 Å². The lowest BCUT2D eigenvalue weighted by Crippen LogP contribution is -2.66. The number of aliphatic hydroxyl groups excluding tert-OH is 8. The Labute approximate surface area is 503 Å². The van der Waals surface area contributed by atoms with Crippen LogP contribution in [0.2, 0.25) is 26.2 Å². The highest BCUT2D eigenvalue weighted by molar-refractivity contribution is 7.44. The number of nitrogens with two attached hydrogens (primary N) is 6. The number of aromatic nitrogens is 16. The van der Waals surface area contributed by atoms with E-state index >= 15 is 0 Å². The number of ether oxygens (including phenoxy) is 4. The minimum absolute atomic E-state index is 0.00243. The highest BCUT2D eigenvalue weighted by Crippen LogP contribution is 2.35. The number of hydrogen-bond acceptors (Lipinski definition) is 32. The van der Waals surface area contributed by atoms with Crippen molar-refractivity contribution in [2.24, 2.45) is 11.5 Å². The molecule has 12 heterocycles. The van der Waals surface area contributed by atoms with Crippen molar-refractivity contribution in [2.45, 2.75) is 124 Å². The summed E-state index contributed by atoms with van der Waals surface area (Å²) >= 11 is 10.9. The molecule has 88 heavy (non-hydrogen) atoms. The van der Waals surface area contributed by atoms with Crippen LogP contribution in [0, 0.1) is 0 Å². The second-order valence-corrected chi connectivity index (χ2v) is 34.3. The third-order valence-electron chi connectivity index (χ3n) is 14.2. The molecular formula is C44H66Cl2N24O16Si2. The lowest BCUT2D eigenvalue weighted by atomic mass is 10.1. The van der Waals surface area contributed by atoms with Gasteiger partial charge in [-0.1, -0.05) is 0 Å². The van der Waals surface area contributed by atoms with E-state index in [1.807, 2.05) is 26.2 Å². The lowest BCUT2D eigenvalue weighted by molar-refractivity contribution is -0.0489. The van der Waals surface area contributed by atoms with Gasteiger partial charge in [0.15, 0.2) is 78.0 Å². The second-order valence-electron chi connectivity index (χ2n) is 21.5. The van der Waals surface area contributed by atoms with Crippen LogP contribution in [0.1, 0.15) is 24.9 Å². The van der Waals surface area contributed by atoms with Crippen LogP contribution in [0.4, 0.5) is 23.8 Å². The maximum atomic E-state index is 12.2. The number of nitrogens with one attached hydrogen (secondary N) is 6. The summed E-state index contributed by atoms with van der Waals surface area (Å²) in [4.78, 5) is 95.8. The van der Waals surface area contributed by atoms with Crippen molar-refractivity contribution in [3.05, 3.63) is 66.7 Å². The van der Waals surface area contributed by atoms with Crippen LogP contribution >= 0.6 is 22.2 Å². The van der Waals surface area contributed by atoms with Crippen LogP contribution in [-0.4, -0.2) is 233 Å². The van der Waals surface area contributed by atoms with Gasteiger partial charge >= 0.3 is 0 Å². The number of aromatic amines is 4. The maximum absolute atomic E-state index is 12.2. The monoisotopic (exact) mass is 1310 g/mol. The Balaban J connectivity index is 0.000000169. The lowest BCUT2D eigenvalue weighted by Gasteiger charge is -2.33. The average Bonchev–Trinajstić information content (AvgIpc) is 3.45. The highest BCUT2D eigenvalue weighted by Gasteiger charge is 2.50. The van der Waals surface area contributed by atoms with Crippen LogP contribution in [0.5, 0.6) is 0 Å². The van der Waals surface area contributed by atoms with Crippen LogP contribution in [0.3, 0.4) is 0 Å². The summed E-state index contributed by atoms with van der Waals surface area (Å²) in [5, 5.41) is 81.9. The van der Waals surface area contributed by atoms with Crippen LogP contribution in [0.15, 0.2) is 44.5 Å². The van der Waals surface area contributed by atoms with E-state index in [1.165, 1.54) is 43.6 Å². The molecule has 44 heteroatoms. The van der Waals surface area contributed by atoms with Crippen molar-refractivity contribution >= 4 is 106 Å². The van der Waals surface area contributed by atoms with E-state index in [0.29, 0.717) is 0 Å². The topological polar surface area (TPSA) is 633 Å². The number of imidazole rings is 4. The van der Waals surface area contributed by atoms with E-state index in [9.17, 15) is 54.9 Å². The minimum Gasteiger partial charge on any atom is -0.394 e. The molecule has 0 saturated carbocycles. The molecule has 40 nitrogen and oxygen atoms in total. The van der Waals surface area contributed by atoms with E-state index < -0.39 is 142 Å². The molecule has 0 spiro atoms. The van der Waals surface area contributed by atoms with E-state index in [0.717, 1.165) is 0 Å². The number of nitrogens with zero attached hydrogens (tertiary/aromatic N) is 12. The second kappa shape index (κ2) is 25.8. The van der Waals surface area contributed by atoms with E-state index in [4.69, 9.17) is 80.6 Å². The summed E-state index contributed by atoms with van der Waals surface area (Å²) in [6, 6.07) is -1.50. The third-order valence-corrected chi connectivity index (χ3v) is 16.4. The predicted molar refractivity (Wildman–Crippen MR) is 315 cm³/mol. The van der Waals surface area contributed by atoms with Gasteiger partial charge in [-0.15, -0.1) is 22.2 Å². The zero-order valence-corrected chi connectivity index (χ0v) is 50.3. The Kier molecular flexibility index (Phi) is 19.2. The number of aliphatic hydroxyl groups is 8. The molecule has 4 aliphatic heterocycles. The molecule has 0 bridgehead atoms. The van der Waals surface area contributed by atoms with Crippen molar-refractivity contribution in [3.63, 3.8) is 0 Å². The fraction of sp³-hybridized carbons (Fsp3) is 0.545. The molecule has 0 aliphatic carbocycles. The van der Waals surface area contributed by atoms with Crippen molar-refractivity contribution < 1.29 is 59.8 Å². The first kappa shape index (κ1) is 65.4. The summed E-state index contributed by atoms with van der Waals surface area (Å²) in [6.07, 6.45) is -9.11. The fourth-order valence-corrected chi connectivity index (χ4v) is 12.1. The van der Waals surface area contributed by atoms with E-state index in [-0.39, 0.29) is 88.1 Å². The van der Waals surface area contributed by atoms with Gasteiger partial charge in [0.2, 0.25) is 30.5 Å². The summed E-state index contributed by atoms with van der Waals surface area (Å²) in [7, 11) is -2.65. The molecule has 8 aromatic rings. The van der Waals surface area contributed by atoms with Gasteiger partial charge in [0.25, 0.3) is 22.2 Å². The molecule has 26 N–H and O–H groups in total. The SMILES string of the molecule is C[Si](C)(Cl)Cl.C[Si](C)(NC[C@H]1O[C@@H](n2cnc3c(=O)[nH]c(N)nc32)[C@H](O)[C@@H]1O)N[C@H]1[C@@H](O)[C@H](n2cnc3c(=O)[nH]c(N)nc32)O[C@@H]1CO.NC[C@H]1O[C@@H](n2cnc3c(=O)[nH]c(N)nc32)[C@H](O)[C@@H]1O.Nc1nc2c(ncn2[C@@H]2O[C@H](CO)[C@@H](N)[C@H]2O)c(=O)[nH]1. The number of nitrogen functional groups attached to an aromatic ring is 4. The molecule has 4 aliphatic rings. The molecule has 4 fully saturated rings. The van der Waals surface area contributed by atoms with Crippen molar-refractivity contribution in [3.8, 4) is 0 Å². The van der Waals surface area contributed by atoms with Crippen LogP contribution < -0.4 is 66.6 Å². The van der Waals surface area contributed by atoms with Gasteiger partial charge in [0.1, 0.15) is 61.0 Å². The molecule has 16 atom stereocenters. The number of hydrogen-bond donors (Lipinski definition) is 20. The summed E-state index contributed by atoms with van der Waals surface area (Å²) in [5.41, 5.74) is 32.2. The van der Waals surface area contributed by atoms with Gasteiger partial charge < -0.3 is 104 Å². The van der Waals surface area contributed by atoms with E-state index in [2.05, 4.69) is 69.8 Å². The Morgan fingerprint density at radius 1 is 0.511 bits per heavy atom. The van der Waals surface area contributed by atoms with E-state index in [1.54, 1.807) is 0 Å². The fourth-order valence-electron chi connectivity index (χ4n) is 10.1. The number of H-pyrrole nitrogens is 4. The number of anilines is 4. The van der Waals surface area contributed by atoms with Gasteiger partial charge in [0, 0.05) is 13.1 Å². The Bertz CT molecular complexity index is 3900. The van der Waals surface area contributed by atoms with Gasteiger partial charge in [-0.3, -0.25) is 57.4 Å². The summed E-state index contributed by atoms with van der Waals surface area (Å²) in [5.74, 6) is -0.412. The number of halogens is 2. The molecule has 0 unspecified atom stereocenters. The quantitative estimate of drug-likeness (QED) is 0.0399. The maximum Gasteiger partial charge on any atom is 0.280 e. The molecule has 480 valence electrons. The first-order valence-corrected chi connectivity index (χ1v) is 34.6. The molecule has 0 aromatic carbocycles. The van der Waals surface area contributed by atoms with Crippen molar-refractivity contribution in [1.29, 1.82) is 0 Å². The average molecular weight is 1310 g/mol. The molecular weight excluding hydrogens is 1250 g/mol. The standard InChI is InChI=1S/C22H32N12O8Si.2C10H14N6O4.C2H6Cl2Si/c1-43(2,27-3-7-12(36)14(38)20(41-7)34-6-26-11-16(34)29-22(24)31-18(11)40)32-9-8(4-35)42-19(13(9)37)33-5-25-10-15(33)28-21(23)30-17(10)39;11-1-3-5(17)6(18)9(20-3)16-2-13-4-7(16)14-10(12)15-8(4)19;11-4-3(1-17)20-9(6(4)18)16-2-13-5-7(16)14-10(12)15-8(5)19;1-5(2,3)4/h5-9,12-14,19-20,27,32,35-38H,3-4H2,1-2H3,(H3,23,28,30,39)(H3,24,29,31,40);2-3,5-6,9,17-18H,1,11H2,(H3,12,14,15,19);2-4,6,9,17-18H,1,11H2,(H3,12,14,15,19);1-2H3/t7-,8-,9-,12-,13-,14-,19-,20-;3-,5-,6-,9-;3-,4-,6-,9-;/m111./s1. The summed E-state index contributed by atoms with van der Waals surface area (Å²) < 4.78 is 28.3. The Morgan fingerprint density at radius 3 is 1.15 bits per heavy atom. The Morgan fingerprint density at radius 2 is 0.818 bits per heavy atom. The van der Waals surface area contributed by atoms with Gasteiger partial charge in [-0.2, -0.15) is 19.9 Å². The van der Waals surface area contributed by atoms with Crippen molar-refractivity contribution in [1.82, 2.24) is 88.0 Å². The number of fused-ring (bicyclic) bond motifs is 4. The largest absolute Gasteiger partial charge is 0.394 e. The first-order chi connectivity index (χ1) is 41.4. The normalized spacial score (nSPS) is 28.9. The smallest absolute Gasteiger partial charge is 0.280 e. The van der Waals surface area contributed by atoms with Gasteiger partial charge in [-0.05, 0) is 26.2 Å². The predicted octanol–water partition coefficient (Wildman–Crippen LogP) is -7.74. The van der Waals surface area contributed by atoms with Crippen LogP contribution in [-0.2, 0) is 18.9 Å². The van der Waals surface area contributed by atoms with Gasteiger partial charge in [0.05, 0.1) is 50.6 Å². The first-order valence-electron chi connectivity index (χ1n) is 26.6. The summed E-state index contributed by atoms with van der Waals surface area (Å²) in [6.45, 7) is 5.25. The zero-order chi connectivity index (χ0) is 64.2. The molecule has 8 aromatic heterocycles. The van der Waals surface area contributed by atoms with Crippen molar-refractivity contribution in [2.75, 3.05) is 49.2 Å². The van der Waals surface area contributed by atoms with Crippen LogP contribution in [0.25, 0.3) is 44.7 Å². The highest BCUT2D eigenvalue weighted by atomic mass is 35.7. The molecule has 12 rings (SSSR count). The molecule has 0 radical (unpaired) electrons. The molecule has 4 saturated heterocycles.